The van der Waals surface area contributed by atoms with Crippen molar-refractivity contribution in [1.29, 1.82) is 0 Å². The number of nitrogens with zero attached hydrogens (tertiary/aromatic N) is 1. The number of amides is 1. The molecule has 0 aromatic rings. The summed E-state index contributed by atoms with van der Waals surface area (Å²) < 4.78 is 31.8. The van der Waals surface area contributed by atoms with Crippen LogP contribution in [0.15, 0.2) is 0 Å². The Morgan fingerprint density at radius 3 is 1.70 bits per heavy atom. The molecule has 0 fully saturated rings. The van der Waals surface area contributed by atoms with E-state index in [0.717, 1.165) is 24.4 Å². The first kappa shape index (κ1) is 28.5. The van der Waals surface area contributed by atoms with Crippen LogP contribution >= 0.6 is 0 Å². The molecule has 0 aliphatic rings. The van der Waals surface area contributed by atoms with Crippen molar-refractivity contribution in [3.63, 3.8) is 0 Å². The Morgan fingerprint density at radius 1 is 0.963 bits per heavy atom. The average Bonchev–Trinajstić information content (AvgIpc) is 2.57. The minimum absolute atomic E-state index is 0.220. The van der Waals surface area contributed by atoms with E-state index in [0.29, 0.717) is 6.42 Å². The number of quaternary nitrogens is 1. The van der Waals surface area contributed by atoms with E-state index in [2.05, 4.69) is 44.5 Å². The highest BCUT2D eigenvalue weighted by molar-refractivity contribution is 7.80. The number of nitrogens with one attached hydrogen (secondary N) is 1. The SMILES string of the molecule is CCCCCCCCCCCC(=O)NC(CC)[N+](C)(C)C.COS(=O)(=O)[O-]. The zero-order chi connectivity index (χ0) is 21.3. The van der Waals surface area contributed by atoms with Gasteiger partial charge < -0.3 is 14.4 Å². The Hall–Kier alpha value is -0.700. The second kappa shape index (κ2) is 16.3. The van der Waals surface area contributed by atoms with Crippen molar-refractivity contribution in [3.05, 3.63) is 0 Å². The quantitative estimate of drug-likeness (QED) is 0.155. The molecule has 0 bridgehead atoms. The number of rotatable bonds is 14. The lowest BCUT2D eigenvalue weighted by atomic mass is 10.1. The molecular weight excluding hydrogens is 368 g/mol. The van der Waals surface area contributed by atoms with Crippen molar-refractivity contribution < 1.29 is 26.4 Å². The lowest BCUT2D eigenvalue weighted by Crippen LogP contribution is -2.54. The van der Waals surface area contributed by atoms with E-state index < -0.39 is 10.4 Å². The minimum Gasteiger partial charge on any atom is -0.726 e. The molecule has 0 heterocycles. The van der Waals surface area contributed by atoms with Gasteiger partial charge in [-0.1, -0.05) is 65.2 Å². The molecule has 0 saturated carbocycles. The molecular formula is C19H42N2O5S. The van der Waals surface area contributed by atoms with Crippen molar-refractivity contribution >= 4 is 16.3 Å². The largest absolute Gasteiger partial charge is 0.726 e. The molecule has 1 unspecified atom stereocenters. The van der Waals surface area contributed by atoms with Crippen molar-refractivity contribution in [2.24, 2.45) is 0 Å². The molecule has 0 aromatic heterocycles. The zero-order valence-corrected chi connectivity index (χ0v) is 19.1. The predicted octanol–water partition coefficient (Wildman–Crippen LogP) is 3.56. The van der Waals surface area contributed by atoms with Crippen molar-refractivity contribution in [2.75, 3.05) is 28.3 Å². The van der Waals surface area contributed by atoms with Gasteiger partial charge >= 0.3 is 0 Å². The first-order valence-corrected chi connectivity index (χ1v) is 11.4. The second-order valence-corrected chi connectivity index (χ2v) is 8.91. The summed E-state index contributed by atoms with van der Waals surface area (Å²) in [4.78, 5) is 11.9. The van der Waals surface area contributed by atoms with Crippen LogP contribution in [0.25, 0.3) is 0 Å². The van der Waals surface area contributed by atoms with Crippen LogP contribution in [0, 0.1) is 0 Å². The summed E-state index contributed by atoms with van der Waals surface area (Å²) in [6, 6.07) is 0. The Morgan fingerprint density at radius 2 is 1.37 bits per heavy atom. The summed E-state index contributed by atoms with van der Waals surface area (Å²) in [7, 11) is 2.79. The second-order valence-electron chi connectivity index (χ2n) is 7.76. The molecule has 8 heteroatoms. The van der Waals surface area contributed by atoms with Crippen molar-refractivity contribution in [1.82, 2.24) is 5.32 Å². The van der Waals surface area contributed by atoms with Crippen LogP contribution < -0.4 is 5.32 Å². The fourth-order valence-corrected chi connectivity index (χ4v) is 2.70. The third-order valence-corrected chi connectivity index (χ3v) is 4.77. The van der Waals surface area contributed by atoms with Gasteiger partial charge in [-0.15, -0.1) is 0 Å². The maximum absolute atomic E-state index is 11.9. The van der Waals surface area contributed by atoms with E-state index in [-0.39, 0.29) is 12.1 Å². The molecule has 0 rings (SSSR count). The van der Waals surface area contributed by atoms with Gasteiger partial charge in [0.25, 0.3) is 0 Å². The summed E-state index contributed by atoms with van der Waals surface area (Å²) in [6.07, 6.45) is 13.6. The highest BCUT2D eigenvalue weighted by atomic mass is 32.3. The molecule has 0 aliphatic carbocycles. The molecule has 0 spiro atoms. The third-order valence-electron chi connectivity index (χ3n) is 4.36. The standard InChI is InChI=1S/C18H38N2O.CH4O4S/c1-6-8-9-10-11-12-13-14-15-16-18(21)19-17(7-2)20(3,4)5;1-5-6(2,3)4/h17H,6-16H2,1-5H3;1H3,(H,2,3,4). The number of carbonyl (C=O) groups excluding carboxylic acids is 1. The molecule has 1 N–H and O–H groups in total. The number of hydrogen-bond acceptors (Lipinski definition) is 5. The molecule has 1 atom stereocenters. The molecule has 27 heavy (non-hydrogen) atoms. The van der Waals surface area contributed by atoms with Crippen LogP contribution in [0.4, 0.5) is 0 Å². The lowest BCUT2D eigenvalue weighted by molar-refractivity contribution is -0.898. The Balaban J connectivity index is 0. The summed E-state index contributed by atoms with van der Waals surface area (Å²) in [5.74, 6) is 0.220. The molecule has 0 saturated heterocycles. The number of hydrogen-bond donors (Lipinski definition) is 1. The smallest absolute Gasteiger partial charge is 0.224 e. The summed E-state index contributed by atoms with van der Waals surface area (Å²) >= 11 is 0. The van der Waals surface area contributed by atoms with Crippen LogP contribution in [0.2, 0.25) is 0 Å². The Kier molecular flexibility index (Phi) is 17.2. The van der Waals surface area contributed by atoms with Gasteiger partial charge in [-0.3, -0.25) is 8.98 Å². The topological polar surface area (TPSA) is 95.5 Å². The lowest BCUT2D eigenvalue weighted by Gasteiger charge is -2.33. The van der Waals surface area contributed by atoms with Gasteiger partial charge in [-0.2, -0.15) is 0 Å². The van der Waals surface area contributed by atoms with Crippen LogP contribution in [-0.2, 0) is 19.4 Å². The fourth-order valence-electron chi connectivity index (χ4n) is 2.70. The third kappa shape index (κ3) is 21.5. The predicted molar refractivity (Wildman–Crippen MR) is 109 cm³/mol. The molecule has 1 amide bonds. The van der Waals surface area contributed by atoms with Crippen molar-refractivity contribution in [3.8, 4) is 0 Å². The van der Waals surface area contributed by atoms with Crippen LogP contribution in [0.5, 0.6) is 0 Å². The zero-order valence-electron chi connectivity index (χ0n) is 18.3. The Labute approximate surface area is 167 Å². The van der Waals surface area contributed by atoms with E-state index in [1.54, 1.807) is 0 Å². The molecule has 7 nitrogen and oxygen atoms in total. The van der Waals surface area contributed by atoms with E-state index in [9.17, 15) is 17.8 Å². The highest BCUT2D eigenvalue weighted by Crippen LogP contribution is 2.11. The van der Waals surface area contributed by atoms with Gasteiger partial charge in [0, 0.05) is 12.8 Å². The highest BCUT2D eigenvalue weighted by Gasteiger charge is 2.22. The van der Waals surface area contributed by atoms with E-state index >= 15 is 0 Å². The van der Waals surface area contributed by atoms with Gasteiger partial charge in [-0.05, 0) is 6.42 Å². The van der Waals surface area contributed by atoms with Crippen molar-refractivity contribution in [2.45, 2.75) is 90.6 Å². The first-order chi connectivity index (χ1) is 12.5. The van der Waals surface area contributed by atoms with Gasteiger partial charge in [0.05, 0.1) is 28.3 Å². The van der Waals surface area contributed by atoms with Crippen LogP contribution in [-0.4, -0.2) is 57.8 Å². The van der Waals surface area contributed by atoms with Gasteiger partial charge in [0.15, 0.2) is 6.17 Å². The van der Waals surface area contributed by atoms with E-state index in [4.69, 9.17) is 0 Å². The van der Waals surface area contributed by atoms with Crippen LogP contribution in [0.1, 0.15) is 84.5 Å². The van der Waals surface area contributed by atoms with Gasteiger partial charge in [0.2, 0.25) is 16.3 Å². The van der Waals surface area contributed by atoms with Gasteiger partial charge in [-0.25, -0.2) is 8.42 Å². The maximum Gasteiger partial charge on any atom is 0.224 e. The van der Waals surface area contributed by atoms with Gasteiger partial charge in [0.1, 0.15) is 0 Å². The Bertz CT molecular complexity index is 461. The maximum atomic E-state index is 11.9. The monoisotopic (exact) mass is 410 g/mol. The number of carbonyl (C=O) groups is 1. The summed E-state index contributed by atoms with van der Waals surface area (Å²) in [5, 5.41) is 3.17. The van der Waals surface area contributed by atoms with E-state index in [1.165, 1.54) is 51.4 Å². The normalized spacial score (nSPS) is 12.9. The fraction of sp³-hybridized carbons (Fsp3) is 0.947. The summed E-state index contributed by atoms with van der Waals surface area (Å²) in [6.45, 7) is 4.39. The average molecular weight is 411 g/mol. The minimum atomic E-state index is -4.41. The first-order valence-electron chi connectivity index (χ1n) is 10.1. The number of unbranched alkanes of at least 4 members (excludes halogenated alkanes) is 8. The molecule has 0 aliphatic heterocycles. The van der Waals surface area contributed by atoms with E-state index in [1.807, 2.05) is 0 Å². The summed E-state index contributed by atoms with van der Waals surface area (Å²) in [5.41, 5.74) is 0. The van der Waals surface area contributed by atoms with Crippen LogP contribution in [0.3, 0.4) is 0 Å². The molecule has 164 valence electrons. The molecule has 0 aromatic carbocycles. The molecule has 0 radical (unpaired) electrons.